The summed E-state index contributed by atoms with van der Waals surface area (Å²) in [5.41, 5.74) is 2.62. The maximum absolute atomic E-state index is 13.2. The number of hydrogen-bond acceptors (Lipinski definition) is 4. The highest BCUT2D eigenvalue weighted by Crippen LogP contribution is 2.14. The first kappa shape index (κ1) is 41.6. The standard InChI is InChI=1S/C15H24F2N2O.C12H17NO.C3H8O.C2H6/c1-3-8-18-9-6-15(19-12-20)11-13(4-2)10-14(17)5-7-16;1-4-8-13(3)12(14)11-7-5-6-10(2)9-11;1-2-3-4;1-2/h4-5,7,10,12,15,18H,3,6,8-9,11H2,1-2H3,(H,19,20);5-7,9H,4,8H2,1-3H3;4H,2-3H2,1H3;1-2H3/b7-5+,13-4+,14-10+;;;/t15-;;;/m1.../s1. The number of carbonyl (C=O) groups is 2. The van der Waals surface area contributed by atoms with Crippen molar-refractivity contribution in [1.82, 2.24) is 15.5 Å². The van der Waals surface area contributed by atoms with Gasteiger partial charge in [-0.1, -0.05) is 58.4 Å². The molecule has 0 saturated heterocycles. The Labute approximate surface area is 242 Å². The molecule has 0 aliphatic carbocycles. The normalized spacial score (nSPS) is 11.7. The van der Waals surface area contributed by atoms with Gasteiger partial charge in [0.15, 0.2) is 0 Å². The highest BCUT2D eigenvalue weighted by atomic mass is 19.1. The van der Waals surface area contributed by atoms with Crippen LogP contribution in [-0.4, -0.2) is 61.7 Å². The van der Waals surface area contributed by atoms with E-state index in [1.165, 1.54) is 6.08 Å². The second kappa shape index (κ2) is 30.7. The first-order valence-corrected chi connectivity index (χ1v) is 14.4. The van der Waals surface area contributed by atoms with Crippen LogP contribution in [0.1, 0.15) is 89.6 Å². The maximum atomic E-state index is 13.2. The van der Waals surface area contributed by atoms with Gasteiger partial charge in [-0.25, -0.2) is 8.78 Å². The van der Waals surface area contributed by atoms with Gasteiger partial charge in [-0.15, -0.1) is 0 Å². The summed E-state index contributed by atoms with van der Waals surface area (Å²) in [5, 5.41) is 13.9. The zero-order valence-electron chi connectivity index (χ0n) is 26.1. The van der Waals surface area contributed by atoms with Gasteiger partial charge in [-0.2, -0.15) is 0 Å². The largest absolute Gasteiger partial charge is 0.396 e. The summed E-state index contributed by atoms with van der Waals surface area (Å²) in [5.74, 6) is -0.537. The van der Waals surface area contributed by atoms with Crippen LogP contribution in [0.25, 0.3) is 0 Å². The van der Waals surface area contributed by atoms with Crippen LogP contribution in [0.5, 0.6) is 0 Å². The van der Waals surface area contributed by atoms with Gasteiger partial charge >= 0.3 is 0 Å². The second-order valence-corrected chi connectivity index (χ2v) is 8.73. The van der Waals surface area contributed by atoms with E-state index < -0.39 is 5.83 Å². The predicted molar refractivity (Wildman–Crippen MR) is 166 cm³/mol. The van der Waals surface area contributed by atoms with Crippen LogP contribution < -0.4 is 10.6 Å². The van der Waals surface area contributed by atoms with Crippen LogP contribution in [0.2, 0.25) is 0 Å². The van der Waals surface area contributed by atoms with Crippen molar-refractivity contribution in [2.75, 3.05) is 33.3 Å². The molecule has 1 aromatic rings. The summed E-state index contributed by atoms with van der Waals surface area (Å²) in [7, 11) is 1.84. The minimum atomic E-state index is -0.644. The lowest BCUT2D eigenvalue weighted by molar-refractivity contribution is -0.110. The lowest BCUT2D eigenvalue weighted by Crippen LogP contribution is -2.32. The number of allylic oxidation sites excluding steroid dienone is 4. The number of aliphatic hydroxyl groups is 1. The van der Waals surface area contributed by atoms with Crippen molar-refractivity contribution in [2.24, 2.45) is 0 Å². The molecule has 0 aliphatic heterocycles. The van der Waals surface area contributed by atoms with E-state index in [-0.39, 0.29) is 18.3 Å². The molecule has 0 radical (unpaired) electrons. The summed E-state index contributed by atoms with van der Waals surface area (Å²) >= 11 is 0. The third-order valence-corrected chi connectivity index (χ3v) is 5.19. The zero-order valence-corrected chi connectivity index (χ0v) is 26.1. The molecule has 0 spiro atoms. The predicted octanol–water partition coefficient (Wildman–Crippen LogP) is 7.06. The smallest absolute Gasteiger partial charge is 0.253 e. The van der Waals surface area contributed by atoms with Crippen molar-refractivity contribution in [3.63, 3.8) is 0 Å². The molecule has 1 atom stereocenters. The third-order valence-electron chi connectivity index (χ3n) is 5.19. The Morgan fingerprint density at radius 3 is 2.25 bits per heavy atom. The number of aryl methyl sites for hydroxylation is 1. The van der Waals surface area contributed by atoms with Gasteiger partial charge < -0.3 is 20.6 Å². The number of benzene rings is 1. The fourth-order valence-electron chi connectivity index (χ4n) is 3.18. The van der Waals surface area contributed by atoms with Gasteiger partial charge in [-0.3, -0.25) is 9.59 Å². The van der Waals surface area contributed by atoms with Gasteiger partial charge in [-0.05, 0) is 82.8 Å². The van der Waals surface area contributed by atoms with E-state index in [0.29, 0.717) is 19.4 Å². The molecule has 0 aromatic heterocycles. The summed E-state index contributed by atoms with van der Waals surface area (Å²) in [6.45, 7) is 16.7. The van der Waals surface area contributed by atoms with Crippen molar-refractivity contribution in [3.05, 3.63) is 71.4 Å². The van der Waals surface area contributed by atoms with Crippen LogP contribution in [-0.2, 0) is 4.79 Å². The number of halogens is 2. The molecule has 0 fully saturated rings. The average Bonchev–Trinajstić information content (AvgIpc) is 2.96. The Morgan fingerprint density at radius 1 is 1.12 bits per heavy atom. The Bertz CT molecular complexity index is 840. The number of nitrogens with zero attached hydrogens (tertiary/aromatic N) is 1. The van der Waals surface area contributed by atoms with Gasteiger partial charge in [0.05, 0.1) is 6.33 Å². The Balaban J connectivity index is -0.000000591. The molecular formula is C32H55F2N3O3. The summed E-state index contributed by atoms with van der Waals surface area (Å²) in [4.78, 5) is 24.2. The Hall–Kier alpha value is -2.84. The van der Waals surface area contributed by atoms with Crippen molar-refractivity contribution in [2.45, 2.75) is 86.6 Å². The first-order chi connectivity index (χ1) is 19.2. The highest BCUT2D eigenvalue weighted by Gasteiger charge is 2.10. The number of rotatable bonds is 15. The molecule has 0 heterocycles. The number of amides is 2. The fraction of sp³-hybridized carbons (Fsp3) is 0.562. The summed E-state index contributed by atoms with van der Waals surface area (Å²) < 4.78 is 25.1. The van der Waals surface area contributed by atoms with Gasteiger partial charge in [0.1, 0.15) is 5.83 Å². The minimum absolute atomic E-state index is 0.0681. The second-order valence-electron chi connectivity index (χ2n) is 8.73. The molecule has 0 saturated carbocycles. The van der Waals surface area contributed by atoms with E-state index in [9.17, 15) is 18.4 Å². The third kappa shape index (κ3) is 24.2. The van der Waals surface area contributed by atoms with Crippen LogP contribution in [0, 0.1) is 6.92 Å². The molecule has 1 rings (SSSR count). The van der Waals surface area contributed by atoms with Gasteiger partial charge in [0, 0.05) is 37.9 Å². The van der Waals surface area contributed by atoms with E-state index in [1.807, 2.05) is 59.0 Å². The molecule has 2 amide bonds. The van der Waals surface area contributed by atoms with E-state index >= 15 is 0 Å². The Morgan fingerprint density at radius 2 is 1.77 bits per heavy atom. The molecule has 40 heavy (non-hydrogen) atoms. The van der Waals surface area contributed by atoms with E-state index in [2.05, 4.69) is 24.5 Å². The number of hydrogen-bond donors (Lipinski definition) is 3. The molecule has 1 aromatic carbocycles. The maximum Gasteiger partial charge on any atom is 0.253 e. The summed E-state index contributed by atoms with van der Waals surface area (Å²) in [6.07, 6.45) is 8.78. The highest BCUT2D eigenvalue weighted by molar-refractivity contribution is 5.94. The average molecular weight is 568 g/mol. The van der Waals surface area contributed by atoms with Crippen molar-refractivity contribution in [1.29, 1.82) is 0 Å². The number of nitrogens with one attached hydrogen (secondary N) is 2. The first-order valence-electron chi connectivity index (χ1n) is 14.4. The van der Waals surface area contributed by atoms with E-state index in [0.717, 1.165) is 68.1 Å². The fourth-order valence-corrected chi connectivity index (χ4v) is 3.18. The molecule has 8 heteroatoms. The summed E-state index contributed by atoms with van der Waals surface area (Å²) in [6, 6.07) is 7.64. The quantitative estimate of drug-likeness (QED) is 0.120. The van der Waals surface area contributed by atoms with Crippen molar-refractivity contribution >= 4 is 12.3 Å². The van der Waals surface area contributed by atoms with Crippen LogP contribution in [0.4, 0.5) is 8.78 Å². The molecular weight excluding hydrogens is 512 g/mol. The molecule has 0 unspecified atom stereocenters. The van der Waals surface area contributed by atoms with Gasteiger partial charge in [0.2, 0.25) is 6.41 Å². The minimum Gasteiger partial charge on any atom is -0.396 e. The van der Waals surface area contributed by atoms with E-state index in [4.69, 9.17) is 5.11 Å². The van der Waals surface area contributed by atoms with Crippen LogP contribution >= 0.6 is 0 Å². The molecule has 0 bridgehead atoms. The number of carbonyl (C=O) groups excluding carboxylic acids is 2. The van der Waals surface area contributed by atoms with Crippen LogP contribution in [0.3, 0.4) is 0 Å². The van der Waals surface area contributed by atoms with E-state index in [1.54, 1.807) is 17.9 Å². The Kier molecular flexibility index (Phi) is 32.0. The zero-order chi connectivity index (χ0) is 31.2. The molecule has 3 N–H and O–H groups in total. The van der Waals surface area contributed by atoms with Crippen LogP contribution in [0.15, 0.2) is 60.2 Å². The lowest BCUT2D eigenvalue weighted by Gasteiger charge is -2.17. The monoisotopic (exact) mass is 567 g/mol. The number of aliphatic hydroxyl groups excluding tert-OH is 1. The molecule has 0 aliphatic rings. The van der Waals surface area contributed by atoms with Crippen molar-refractivity contribution in [3.8, 4) is 0 Å². The topological polar surface area (TPSA) is 81.7 Å². The lowest BCUT2D eigenvalue weighted by atomic mass is 10.0. The SMILES string of the molecule is CC.CCCN(C)C(=O)c1cccc(C)c1.CCCO.C\C=C(/C=C(F)\C=C\F)C[C@@H](CCNCCC)NC=O. The molecule has 230 valence electrons. The molecule has 6 nitrogen and oxygen atoms in total. The van der Waals surface area contributed by atoms with Gasteiger partial charge in [0.25, 0.3) is 5.91 Å². The van der Waals surface area contributed by atoms with Crippen molar-refractivity contribution < 1.29 is 23.5 Å².